The van der Waals surface area contributed by atoms with Crippen LogP contribution in [0.2, 0.25) is 0 Å². The highest BCUT2D eigenvalue weighted by atomic mass is 16.6. The fraction of sp³-hybridized carbons (Fsp3) is 0.385. The molecule has 7 heteroatoms. The number of rotatable bonds is 6. The van der Waals surface area contributed by atoms with Gasteiger partial charge in [0.25, 0.3) is 11.6 Å². The summed E-state index contributed by atoms with van der Waals surface area (Å²) in [7, 11) is 0. The molecule has 0 spiro atoms. The van der Waals surface area contributed by atoms with E-state index in [-0.39, 0.29) is 24.2 Å². The Labute approximate surface area is 115 Å². The topological polar surface area (TPSA) is 110 Å². The van der Waals surface area contributed by atoms with Crippen LogP contribution in [0.5, 0.6) is 0 Å². The van der Waals surface area contributed by atoms with Gasteiger partial charge >= 0.3 is 5.97 Å². The number of hydrogen-bond donors (Lipinski definition) is 2. The zero-order valence-electron chi connectivity index (χ0n) is 11.3. The van der Waals surface area contributed by atoms with E-state index in [0.717, 1.165) is 5.56 Å². The van der Waals surface area contributed by atoms with Crippen molar-refractivity contribution in [1.82, 2.24) is 5.32 Å². The van der Waals surface area contributed by atoms with Crippen molar-refractivity contribution < 1.29 is 19.6 Å². The Balaban J connectivity index is 2.75. The normalized spacial score (nSPS) is 11.7. The number of nitrogens with one attached hydrogen (secondary N) is 1. The van der Waals surface area contributed by atoms with Crippen molar-refractivity contribution in [1.29, 1.82) is 0 Å². The number of aliphatic carboxylic acids is 1. The molecule has 0 heterocycles. The van der Waals surface area contributed by atoms with Gasteiger partial charge in [0.05, 0.1) is 10.8 Å². The number of carbonyl (C=O) groups excluding carboxylic acids is 1. The lowest BCUT2D eigenvalue weighted by Gasteiger charge is -2.08. The second-order valence-corrected chi connectivity index (χ2v) is 4.56. The van der Waals surface area contributed by atoms with E-state index in [9.17, 15) is 19.7 Å². The first-order valence-electron chi connectivity index (χ1n) is 6.09. The molecule has 0 radical (unpaired) electrons. The number of aryl methyl sites for hydroxylation is 1. The molecule has 0 fully saturated rings. The molecule has 1 rings (SSSR count). The zero-order chi connectivity index (χ0) is 15.3. The monoisotopic (exact) mass is 280 g/mol. The van der Waals surface area contributed by atoms with Gasteiger partial charge in [-0.05, 0) is 25.0 Å². The Kier molecular flexibility index (Phi) is 5.19. The highest BCUT2D eigenvalue weighted by Gasteiger charge is 2.20. The molecule has 0 aliphatic carbocycles. The van der Waals surface area contributed by atoms with Crippen LogP contribution in [0, 0.1) is 23.0 Å². The van der Waals surface area contributed by atoms with Gasteiger partial charge in [0.15, 0.2) is 0 Å². The first kappa shape index (κ1) is 15.6. The minimum absolute atomic E-state index is 0.0158. The molecule has 108 valence electrons. The molecule has 7 nitrogen and oxygen atoms in total. The molecule has 0 aliphatic rings. The summed E-state index contributed by atoms with van der Waals surface area (Å²) in [6, 6.07) is 4.28. The molecule has 1 atom stereocenters. The summed E-state index contributed by atoms with van der Waals surface area (Å²) in [5, 5.41) is 22.1. The van der Waals surface area contributed by atoms with Crippen LogP contribution in [0.25, 0.3) is 0 Å². The van der Waals surface area contributed by atoms with Gasteiger partial charge in [0.1, 0.15) is 5.56 Å². The van der Waals surface area contributed by atoms with E-state index in [1.165, 1.54) is 19.1 Å². The third-order valence-electron chi connectivity index (χ3n) is 2.88. The Hall–Kier alpha value is -2.44. The average Bonchev–Trinajstić information content (AvgIpc) is 2.37. The highest BCUT2D eigenvalue weighted by molar-refractivity contribution is 5.98. The third kappa shape index (κ3) is 4.04. The summed E-state index contributed by atoms with van der Waals surface area (Å²) in [5.41, 5.74) is 0.456. The second kappa shape index (κ2) is 6.65. The second-order valence-electron chi connectivity index (χ2n) is 4.56. The summed E-state index contributed by atoms with van der Waals surface area (Å²) in [4.78, 5) is 32.8. The fourth-order valence-corrected chi connectivity index (χ4v) is 1.61. The fourth-order valence-electron chi connectivity index (χ4n) is 1.61. The summed E-state index contributed by atoms with van der Waals surface area (Å²) >= 11 is 0. The van der Waals surface area contributed by atoms with E-state index in [0.29, 0.717) is 0 Å². The number of nitrogens with zero attached hydrogens (tertiary/aromatic N) is 1. The lowest BCUT2D eigenvalue weighted by Crippen LogP contribution is -2.27. The van der Waals surface area contributed by atoms with Crippen molar-refractivity contribution in [2.75, 3.05) is 6.54 Å². The van der Waals surface area contributed by atoms with E-state index in [1.54, 1.807) is 13.0 Å². The Morgan fingerprint density at radius 2 is 2.10 bits per heavy atom. The van der Waals surface area contributed by atoms with Crippen LogP contribution in [0.1, 0.15) is 29.3 Å². The van der Waals surface area contributed by atoms with Crippen molar-refractivity contribution in [2.45, 2.75) is 20.3 Å². The summed E-state index contributed by atoms with van der Waals surface area (Å²) in [6.07, 6.45) is 0.265. The van der Waals surface area contributed by atoms with Gasteiger partial charge in [0, 0.05) is 12.6 Å². The maximum Gasteiger partial charge on any atom is 0.306 e. The summed E-state index contributed by atoms with van der Waals surface area (Å²) in [6.45, 7) is 3.41. The number of carboxylic acid groups (broad SMARTS) is 1. The van der Waals surface area contributed by atoms with E-state index < -0.39 is 22.7 Å². The van der Waals surface area contributed by atoms with Gasteiger partial charge in [-0.15, -0.1) is 0 Å². The number of nitro groups is 1. The molecule has 0 bridgehead atoms. The quantitative estimate of drug-likeness (QED) is 0.609. The Bertz CT molecular complexity index is 542. The smallest absolute Gasteiger partial charge is 0.306 e. The number of hydrogen-bond acceptors (Lipinski definition) is 4. The number of nitro benzene ring substituents is 1. The molecule has 1 aromatic rings. The maximum atomic E-state index is 11.9. The molecular formula is C13H16N2O5. The van der Waals surface area contributed by atoms with Gasteiger partial charge in [-0.25, -0.2) is 0 Å². The molecule has 1 aromatic carbocycles. The third-order valence-corrected chi connectivity index (χ3v) is 2.88. The molecule has 1 amide bonds. The number of carboxylic acids is 1. The lowest BCUT2D eigenvalue weighted by molar-refractivity contribution is -0.385. The van der Waals surface area contributed by atoms with Crippen LogP contribution >= 0.6 is 0 Å². The van der Waals surface area contributed by atoms with Crippen molar-refractivity contribution in [3.05, 3.63) is 39.4 Å². The predicted octanol–water partition coefficient (Wildman–Crippen LogP) is 1.74. The molecule has 2 N–H and O–H groups in total. The van der Waals surface area contributed by atoms with E-state index in [1.807, 2.05) is 0 Å². The van der Waals surface area contributed by atoms with Crippen LogP contribution in [-0.4, -0.2) is 28.5 Å². The van der Waals surface area contributed by atoms with Gasteiger partial charge in [-0.1, -0.05) is 13.0 Å². The Morgan fingerprint density at radius 1 is 1.45 bits per heavy atom. The average molecular weight is 280 g/mol. The lowest BCUT2D eigenvalue weighted by atomic mass is 10.1. The minimum atomic E-state index is -0.944. The molecule has 0 aromatic heterocycles. The molecule has 0 saturated heterocycles. The molecule has 0 aliphatic heterocycles. The van der Waals surface area contributed by atoms with Gasteiger partial charge in [0.2, 0.25) is 0 Å². The van der Waals surface area contributed by atoms with Gasteiger partial charge in [-0.3, -0.25) is 19.7 Å². The minimum Gasteiger partial charge on any atom is -0.481 e. The summed E-state index contributed by atoms with van der Waals surface area (Å²) in [5.74, 6) is -2.10. The van der Waals surface area contributed by atoms with Crippen LogP contribution in [-0.2, 0) is 4.79 Å². The molecular weight excluding hydrogens is 264 g/mol. The van der Waals surface area contributed by atoms with Crippen molar-refractivity contribution in [2.24, 2.45) is 5.92 Å². The number of carbonyl (C=O) groups is 2. The predicted molar refractivity (Wildman–Crippen MR) is 71.6 cm³/mol. The number of benzene rings is 1. The summed E-state index contributed by atoms with van der Waals surface area (Å²) < 4.78 is 0. The molecule has 0 saturated carbocycles. The zero-order valence-corrected chi connectivity index (χ0v) is 11.3. The van der Waals surface area contributed by atoms with Crippen LogP contribution in [0.4, 0.5) is 5.69 Å². The van der Waals surface area contributed by atoms with Crippen LogP contribution in [0.15, 0.2) is 18.2 Å². The SMILES string of the molecule is Cc1ccc([N+](=O)[O-])c(C(=O)NCCC(C)C(=O)O)c1. The van der Waals surface area contributed by atoms with Crippen LogP contribution in [0.3, 0.4) is 0 Å². The highest BCUT2D eigenvalue weighted by Crippen LogP contribution is 2.19. The van der Waals surface area contributed by atoms with Gasteiger partial charge < -0.3 is 10.4 Å². The van der Waals surface area contributed by atoms with Crippen molar-refractivity contribution >= 4 is 17.6 Å². The molecule has 1 unspecified atom stereocenters. The standard InChI is InChI=1S/C13H16N2O5/c1-8-3-4-11(15(19)20)10(7-8)12(16)14-6-5-9(2)13(17)18/h3-4,7,9H,5-6H2,1-2H3,(H,14,16)(H,17,18). The van der Waals surface area contributed by atoms with Crippen LogP contribution < -0.4 is 5.32 Å². The Morgan fingerprint density at radius 3 is 2.65 bits per heavy atom. The first-order chi connectivity index (χ1) is 9.32. The maximum absolute atomic E-state index is 11.9. The van der Waals surface area contributed by atoms with Crippen molar-refractivity contribution in [3.63, 3.8) is 0 Å². The van der Waals surface area contributed by atoms with Crippen molar-refractivity contribution in [3.8, 4) is 0 Å². The van der Waals surface area contributed by atoms with Gasteiger partial charge in [-0.2, -0.15) is 0 Å². The van der Waals surface area contributed by atoms with E-state index >= 15 is 0 Å². The van der Waals surface area contributed by atoms with E-state index in [4.69, 9.17) is 5.11 Å². The largest absolute Gasteiger partial charge is 0.481 e. The molecule has 20 heavy (non-hydrogen) atoms. The number of amides is 1. The first-order valence-corrected chi connectivity index (χ1v) is 6.09. The van der Waals surface area contributed by atoms with E-state index in [2.05, 4.69) is 5.32 Å².